The van der Waals surface area contributed by atoms with E-state index >= 15 is 0 Å². The average Bonchev–Trinajstić information content (AvgIpc) is 2.97. The van der Waals surface area contributed by atoms with Gasteiger partial charge in [0.1, 0.15) is 0 Å². The molecule has 0 aliphatic heterocycles. The molecule has 5 heteroatoms. The maximum Gasteiger partial charge on any atom is 0.192 e. The smallest absolute Gasteiger partial charge is 0.192 e. The summed E-state index contributed by atoms with van der Waals surface area (Å²) in [7, 11) is 0. The zero-order valence-electron chi connectivity index (χ0n) is 13.0. The van der Waals surface area contributed by atoms with Crippen LogP contribution in [0.2, 0.25) is 0 Å². The molecule has 0 N–H and O–H groups in total. The zero-order valence-corrected chi connectivity index (χ0v) is 13.8. The Morgan fingerprint density at radius 3 is 2.83 bits per heavy atom. The van der Waals surface area contributed by atoms with E-state index in [0.29, 0.717) is 6.54 Å². The van der Waals surface area contributed by atoms with Crippen LogP contribution in [0.1, 0.15) is 11.3 Å². The number of benzene rings is 1. The minimum Gasteiger partial charge on any atom is -0.298 e. The third kappa shape index (κ3) is 3.68. The highest BCUT2D eigenvalue weighted by atomic mass is 32.2. The Labute approximate surface area is 140 Å². The van der Waals surface area contributed by atoms with E-state index in [2.05, 4.69) is 51.5 Å². The topological polar surface area (TPSA) is 43.6 Å². The first-order chi connectivity index (χ1) is 11.3. The van der Waals surface area contributed by atoms with Gasteiger partial charge in [-0.2, -0.15) is 0 Å². The van der Waals surface area contributed by atoms with Crippen LogP contribution in [0, 0.1) is 6.92 Å². The van der Waals surface area contributed by atoms with E-state index in [1.54, 1.807) is 11.8 Å². The quantitative estimate of drug-likeness (QED) is 0.505. The Morgan fingerprint density at radius 1 is 1.17 bits per heavy atom. The molecule has 2 heterocycles. The molecule has 0 amide bonds. The predicted octanol–water partition coefficient (Wildman–Crippen LogP) is 4.13. The molecule has 0 aliphatic rings. The van der Waals surface area contributed by atoms with Gasteiger partial charge in [-0.15, -0.1) is 16.8 Å². The highest BCUT2D eigenvalue weighted by molar-refractivity contribution is 7.98. The highest BCUT2D eigenvalue weighted by Crippen LogP contribution is 2.26. The van der Waals surface area contributed by atoms with Crippen molar-refractivity contribution in [1.29, 1.82) is 0 Å². The Morgan fingerprint density at radius 2 is 2.09 bits per heavy atom. The fourth-order valence-corrected chi connectivity index (χ4v) is 3.17. The van der Waals surface area contributed by atoms with Gasteiger partial charge in [0.25, 0.3) is 0 Å². The maximum atomic E-state index is 4.38. The molecule has 0 radical (unpaired) electrons. The van der Waals surface area contributed by atoms with E-state index in [1.807, 2.05) is 36.5 Å². The Balaban J connectivity index is 1.88. The minimum atomic E-state index is 0.681. The largest absolute Gasteiger partial charge is 0.298 e. The Kier molecular flexibility index (Phi) is 4.88. The molecule has 2 aromatic heterocycles. The van der Waals surface area contributed by atoms with Crippen LogP contribution in [0.25, 0.3) is 11.4 Å². The molecule has 0 atom stereocenters. The first-order valence-corrected chi connectivity index (χ1v) is 8.40. The molecule has 23 heavy (non-hydrogen) atoms. The monoisotopic (exact) mass is 322 g/mol. The molecule has 3 aromatic rings. The van der Waals surface area contributed by atoms with Crippen molar-refractivity contribution in [3.63, 3.8) is 0 Å². The minimum absolute atomic E-state index is 0.681. The SMILES string of the molecule is C=CCn1c(SCc2ccccn2)nnc1-c1cccc(C)c1. The summed E-state index contributed by atoms with van der Waals surface area (Å²) >= 11 is 1.64. The predicted molar refractivity (Wildman–Crippen MR) is 94.2 cm³/mol. The van der Waals surface area contributed by atoms with Crippen LogP contribution in [0.15, 0.2) is 66.5 Å². The average molecular weight is 322 g/mol. The first kappa shape index (κ1) is 15.5. The molecular weight excluding hydrogens is 304 g/mol. The molecule has 1 aromatic carbocycles. The van der Waals surface area contributed by atoms with Crippen LogP contribution in [-0.4, -0.2) is 19.7 Å². The summed E-state index contributed by atoms with van der Waals surface area (Å²) in [6.07, 6.45) is 3.68. The third-order valence-electron chi connectivity index (χ3n) is 3.38. The van der Waals surface area contributed by atoms with Crippen molar-refractivity contribution < 1.29 is 0 Å². The third-order valence-corrected chi connectivity index (χ3v) is 4.38. The van der Waals surface area contributed by atoms with E-state index in [9.17, 15) is 0 Å². The molecule has 0 fully saturated rings. The number of hydrogen-bond acceptors (Lipinski definition) is 4. The fraction of sp³-hybridized carbons (Fsp3) is 0.167. The molecule has 0 aliphatic carbocycles. The number of rotatable bonds is 6. The number of aromatic nitrogens is 4. The van der Waals surface area contributed by atoms with Gasteiger partial charge >= 0.3 is 0 Å². The van der Waals surface area contributed by atoms with Crippen LogP contribution < -0.4 is 0 Å². The summed E-state index contributed by atoms with van der Waals surface area (Å²) in [6, 6.07) is 14.2. The van der Waals surface area contributed by atoms with E-state index in [1.165, 1.54) is 5.56 Å². The molecule has 3 rings (SSSR count). The summed E-state index contributed by atoms with van der Waals surface area (Å²) in [5, 5.41) is 9.62. The molecule has 0 unspecified atom stereocenters. The molecule has 0 bridgehead atoms. The van der Waals surface area contributed by atoms with E-state index in [-0.39, 0.29) is 0 Å². The highest BCUT2D eigenvalue weighted by Gasteiger charge is 2.13. The van der Waals surface area contributed by atoms with Gasteiger partial charge in [-0.1, -0.05) is 47.7 Å². The summed E-state index contributed by atoms with van der Waals surface area (Å²) in [5.41, 5.74) is 3.31. The van der Waals surface area contributed by atoms with Crippen molar-refractivity contribution in [3.05, 3.63) is 72.6 Å². The lowest BCUT2D eigenvalue weighted by Crippen LogP contribution is -2.01. The van der Waals surface area contributed by atoms with E-state index in [4.69, 9.17) is 0 Å². The summed E-state index contributed by atoms with van der Waals surface area (Å²) < 4.78 is 2.09. The summed E-state index contributed by atoms with van der Waals surface area (Å²) in [4.78, 5) is 4.35. The Bertz CT molecular complexity index is 796. The van der Waals surface area contributed by atoms with Gasteiger partial charge < -0.3 is 0 Å². The lowest BCUT2D eigenvalue weighted by Gasteiger charge is -2.08. The van der Waals surface area contributed by atoms with Crippen LogP contribution in [0.4, 0.5) is 0 Å². The normalized spacial score (nSPS) is 10.7. The molecule has 0 saturated heterocycles. The molecule has 0 spiro atoms. The Hall–Kier alpha value is -2.40. The zero-order chi connectivity index (χ0) is 16.1. The van der Waals surface area contributed by atoms with Crippen molar-refractivity contribution in [1.82, 2.24) is 19.7 Å². The van der Waals surface area contributed by atoms with Gasteiger partial charge in [0.2, 0.25) is 0 Å². The molecular formula is C18H18N4S. The van der Waals surface area contributed by atoms with Crippen LogP contribution in [0.3, 0.4) is 0 Å². The van der Waals surface area contributed by atoms with Crippen molar-refractivity contribution in [2.75, 3.05) is 0 Å². The fourth-order valence-electron chi connectivity index (χ4n) is 2.31. The van der Waals surface area contributed by atoms with E-state index in [0.717, 1.165) is 28.0 Å². The second-order valence-electron chi connectivity index (χ2n) is 5.18. The van der Waals surface area contributed by atoms with Gasteiger partial charge in [0.15, 0.2) is 11.0 Å². The molecule has 116 valence electrons. The van der Waals surface area contributed by atoms with Gasteiger partial charge in [-0.3, -0.25) is 9.55 Å². The number of thioether (sulfide) groups is 1. The first-order valence-electron chi connectivity index (χ1n) is 7.42. The number of nitrogens with zero attached hydrogens (tertiary/aromatic N) is 4. The summed E-state index contributed by atoms with van der Waals surface area (Å²) in [6.45, 7) is 6.61. The van der Waals surface area contributed by atoms with Gasteiger partial charge in [-0.05, 0) is 25.1 Å². The number of aryl methyl sites for hydroxylation is 1. The van der Waals surface area contributed by atoms with Crippen molar-refractivity contribution in [2.24, 2.45) is 0 Å². The standard InChI is InChI=1S/C18H18N4S/c1-3-11-22-17(15-8-6-7-14(2)12-15)20-21-18(22)23-13-16-9-4-5-10-19-16/h3-10,12H,1,11,13H2,2H3. The maximum absolute atomic E-state index is 4.38. The van der Waals surface area contributed by atoms with Crippen LogP contribution in [-0.2, 0) is 12.3 Å². The summed E-state index contributed by atoms with van der Waals surface area (Å²) in [5.74, 6) is 1.64. The lowest BCUT2D eigenvalue weighted by molar-refractivity contribution is 0.731. The lowest BCUT2D eigenvalue weighted by atomic mass is 10.1. The number of pyridine rings is 1. The molecule has 0 saturated carbocycles. The molecule has 4 nitrogen and oxygen atoms in total. The number of hydrogen-bond donors (Lipinski definition) is 0. The van der Waals surface area contributed by atoms with Crippen molar-refractivity contribution in [3.8, 4) is 11.4 Å². The van der Waals surface area contributed by atoms with E-state index < -0.39 is 0 Å². The number of allylic oxidation sites excluding steroid dienone is 1. The van der Waals surface area contributed by atoms with Crippen LogP contribution >= 0.6 is 11.8 Å². The van der Waals surface area contributed by atoms with Gasteiger partial charge in [-0.25, -0.2) is 0 Å². The van der Waals surface area contributed by atoms with Crippen LogP contribution in [0.5, 0.6) is 0 Å². The second-order valence-corrected chi connectivity index (χ2v) is 6.13. The second kappa shape index (κ2) is 7.24. The van der Waals surface area contributed by atoms with Gasteiger partial charge in [0, 0.05) is 24.1 Å². The van der Waals surface area contributed by atoms with Crippen molar-refractivity contribution in [2.45, 2.75) is 24.4 Å². The van der Waals surface area contributed by atoms with Crippen molar-refractivity contribution >= 4 is 11.8 Å². The van der Waals surface area contributed by atoms with Gasteiger partial charge in [0.05, 0.1) is 5.69 Å².